The number of nitrogens with zero attached hydrogens (tertiary/aromatic N) is 3. The summed E-state index contributed by atoms with van der Waals surface area (Å²) in [6.45, 7) is 43.1. The minimum Gasteiger partial charge on any atom is -0.335 e. The first kappa shape index (κ1) is 49.9. The lowest BCUT2D eigenvalue weighted by atomic mass is 9.33. The van der Waals surface area contributed by atoms with E-state index in [1.165, 1.54) is 142 Å². The van der Waals surface area contributed by atoms with Crippen molar-refractivity contribution in [3.05, 3.63) is 171 Å². The van der Waals surface area contributed by atoms with Gasteiger partial charge >= 0.3 is 0 Å². The summed E-state index contributed by atoms with van der Waals surface area (Å²) in [6, 6.07) is 49.1. The maximum atomic E-state index is 2.91. The van der Waals surface area contributed by atoms with Crippen molar-refractivity contribution in [1.29, 1.82) is 0 Å². The Morgan fingerprint density at radius 1 is 0.467 bits per heavy atom. The van der Waals surface area contributed by atoms with Crippen LogP contribution in [0.5, 0.6) is 0 Å². The molecule has 384 valence electrons. The smallest absolute Gasteiger partial charge is 0.252 e. The van der Waals surface area contributed by atoms with Crippen LogP contribution in [0.1, 0.15) is 187 Å². The van der Waals surface area contributed by atoms with Crippen LogP contribution < -0.4 is 31.1 Å². The Balaban J connectivity index is 1.23. The van der Waals surface area contributed by atoms with Gasteiger partial charge in [0.25, 0.3) is 6.71 Å². The van der Waals surface area contributed by atoms with Crippen molar-refractivity contribution in [2.24, 2.45) is 0 Å². The lowest BCUT2D eigenvalue weighted by Gasteiger charge is -2.53. The van der Waals surface area contributed by atoms with Crippen LogP contribution in [0.15, 0.2) is 121 Å². The minimum absolute atomic E-state index is 0.00147. The average molecular weight is 988 g/mol. The quantitative estimate of drug-likeness (QED) is 0.163. The van der Waals surface area contributed by atoms with Gasteiger partial charge in [-0.15, -0.1) is 0 Å². The number of hydrogen-bond donors (Lipinski definition) is 0. The van der Waals surface area contributed by atoms with Gasteiger partial charge in [-0.3, -0.25) is 0 Å². The molecule has 7 aromatic rings. The highest BCUT2D eigenvalue weighted by molar-refractivity contribution is 7.00. The summed E-state index contributed by atoms with van der Waals surface area (Å²) >= 11 is 0. The van der Waals surface area contributed by atoms with E-state index in [-0.39, 0.29) is 44.7 Å². The molecule has 2 unspecified atom stereocenters. The molecule has 5 aliphatic rings. The molecule has 2 aliphatic carbocycles. The topological polar surface area (TPSA) is 9.72 Å². The van der Waals surface area contributed by atoms with E-state index in [9.17, 15) is 0 Å². The Labute approximate surface area is 451 Å². The van der Waals surface area contributed by atoms with Crippen molar-refractivity contribution in [3.63, 3.8) is 0 Å². The Kier molecular flexibility index (Phi) is 10.7. The zero-order chi connectivity index (χ0) is 53.5. The molecule has 0 N–H and O–H groups in total. The van der Waals surface area contributed by atoms with Gasteiger partial charge in [-0.1, -0.05) is 202 Å². The summed E-state index contributed by atoms with van der Waals surface area (Å²) < 4.78 is 0. The second-order valence-corrected chi connectivity index (χ2v) is 28.8. The van der Waals surface area contributed by atoms with Gasteiger partial charge in [0, 0.05) is 45.0 Å². The van der Waals surface area contributed by atoms with Gasteiger partial charge < -0.3 is 14.7 Å². The van der Waals surface area contributed by atoms with E-state index in [4.69, 9.17) is 0 Å². The van der Waals surface area contributed by atoms with Crippen LogP contribution in [-0.4, -0.2) is 12.3 Å². The standard InChI is InChI=1S/C71H82BN3/c1-43-38-48(68(12,13)14)39-44(2)62(43)74-58-41-51(73(49-29-24-45(25-30-49)65(3,4)5)50-31-26-46(27-32-50)66(6,7)8)42-59-61(58)72(56-23-21-22-54-63(56)75(59)71(18)37-20-19-36-70(54,71)17)57-35-34-53-52-33-28-47(67(9,10)11)40-55(52)69(15,16)60(53)64(57)74/h21-35,38-42H,19-20,36-37H2,1-18H3. The average Bonchev–Trinajstić information content (AvgIpc) is 3.76. The molecule has 1 fully saturated rings. The van der Waals surface area contributed by atoms with Crippen molar-refractivity contribution in [2.45, 2.75) is 188 Å². The van der Waals surface area contributed by atoms with Gasteiger partial charge in [-0.05, 0) is 169 Å². The summed E-state index contributed by atoms with van der Waals surface area (Å²) in [5, 5.41) is 0. The molecule has 0 aromatic heterocycles. The molecule has 0 saturated heterocycles. The molecule has 7 aromatic carbocycles. The predicted molar refractivity (Wildman–Crippen MR) is 325 cm³/mol. The lowest BCUT2D eigenvalue weighted by molar-refractivity contribution is 0.195. The van der Waals surface area contributed by atoms with Crippen molar-refractivity contribution in [1.82, 2.24) is 0 Å². The first-order chi connectivity index (χ1) is 35.1. The number of hydrogen-bond acceptors (Lipinski definition) is 3. The van der Waals surface area contributed by atoms with Crippen LogP contribution in [-0.2, 0) is 32.5 Å². The van der Waals surface area contributed by atoms with E-state index in [0.29, 0.717) is 0 Å². The van der Waals surface area contributed by atoms with E-state index in [2.05, 4.69) is 261 Å². The van der Waals surface area contributed by atoms with E-state index in [1.54, 1.807) is 0 Å². The molecular formula is C71H82BN3. The fraction of sp³-hybridized carbons (Fsp3) is 0.408. The van der Waals surface area contributed by atoms with E-state index in [1.807, 2.05) is 0 Å². The largest absolute Gasteiger partial charge is 0.335 e. The Bertz CT molecular complexity index is 3430. The van der Waals surface area contributed by atoms with Crippen LogP contribution in [0, 0.1) is 13.8 Å². The number of fused-ring (bicyclic) bond motifs is 11. The van der Waals surface area contributed by atoms with Gasteiger partial charge in [0.05, 0.1) is 16.9 Å². The summed E-state index contributed by atoms with van der Waals surface area (Å²) in [5.74, 6) is 0. The van der Waals surface area contributed by atoms with E-state index in [0.717, 1.165) is 6.42 Å². The molecule has 4 heteroatoms. The third-order valence-corrected chi connectivity index (χ3v) is 19.4. The van der Waals surface area contributed by atoms with Crippen LogP contribution in [0.25, 0.3) is 11.1 Å². The summed E-state index contributed by atoms with van der Waals surface area (Å²) in [5.41, 5.74) is 29.4. The third kappa shape index (κ3) is 7.12. The van der Waals surface area contributed by atoms with E-state index >= 15 is 0 Å². The highest BCUT2D eigenvalue weighted by Gasteiger charge is 2.62. The minimum atomic E-state index is -0.286. The van der Waals surface area contributed by atoms with Crippen LogP contribution in [0.3, 0.4) is 0 Å². The van der Waals surface area contributed by atoms with Gasteiger partial charge in [0.1, 0.15) is 0 Å². The molecule has 0 bridgehead atoms. The first-order valence-electron chi connectivity index (χ1n) is 28.4. The second-order valence-electron chi connectivity index (χ2n) is 28.8. The molecule has 3 heterocycles. The summed E-state index contributed by atoms with van der Waals surface area (Å²) in [4.78, 5) is 8.29. The number of aryl methyl sites for hydroxylation is 2. The molecule has 1 saturated carbocycles. The number of rotatable bonds is 4. The normalized spacial score (nSPS) is 20.1. The maximum Gasteiger partial charge on any atom is 0.252 e. The predicted octanol–water partition coefficient (Wildman–Crippen LogP) is 17.6. The molecule has 0 radical (unpaired) electrons. The van der Waals surface area contributed by atoms with Gasteiger partial charge in [0.15, 0.2) is 0 Å². The fourth-order valence-corrected chi connectivity index (χ4v) is 14.9. The van der Waals surface area contributed by atoms with Crippen molar-refractivity contribution in [2.75, 3.05) is 14.7 Å². The fourth-order valence-electron chi connectivity index (χ4n) is 14.9. The highest BCUT2D eigenvalue weighted by atomic mass is 15.3. The zero-order valence-corrected chi connectivity index (χ0v) is 48.8. The molecule has 3 nitrogen and oxygen atoms in total. The van der Waals surface area contributed by atoms with Crippen LogP contribution >= 0.6 is 0 Å². The maximum absolute atomic E-state index is 2.91. The molecule has 75 heavy (non-hydrogen) atoms. The molecular weight excluding hydrogens is 906 g/mol. The Morgan fingerprint density at radius 3 is 1.56 bits per heavy atom. The molecule has 0 spiro atoms. The summed E-state index contributed by atoms with van der Waals surface area (Å²) in [6.07, 6.45) is 4.83. The van der Waals surface area contributed by atoms with Crippen molar-refractivity contribution < 1.29 is 0 Å². The lowest BCUT2D eigenvalue weighted by Crippen LogP contribution is -2.64. The Morgan fingerprint density at radius 2 is 0.987 bits per heavy atom. The van der Waals surface area contributed by atoms with E-state index < -0.39 is 0 Å². The SMILES string of the molecule is Cc1cc(C(C)(C)C)cc(C)c1N1c2cc(N(c3ccc(C(C)(C)C)cc3)c3ccc(C(C)(C)C)cc3)cc3c2B(c2ccc4c(c21)C(C)(C)c1cc(C(C)(C)C)ccc1-4)c1cccc2c1N3C1(C)CCCCC21C. The number of para-hydroxylation sites is 1. The van der Waals surface area contributed by atoms with Gasteiger partial charge in [-0.25, -0.2) is 0 Å². The molecule has 3 aliphatic heterocycles. The van der Waals surface area contributed by atoms with Crippen molar-refractivity contribution >= 4 is 68.6 Å². The van der Waals surface area contributed by atoms with Crippen molar-refractivity contribution in [3.8, 4) is 11.1 Å². The molecule has 0 amide bonds. The van der Waals surface area contributed by atoms with Crippen LogP contribution in [0.2, 0.25) is 0 Å². The monoisotopic (exact) mass is 988 g/mol. The third-order valence-electron chi connectivity index (χ3n) is 19.4. The zero-order valence-electron chi connectivity index (χ0n) is 48.8. The number of anilines is 8. The van der Waals surface area contributed by atoms with Crippen LogP contribution in [0.4, 0.5) is 45.5 Å². The Hall–Kier alpha value is -6.00. The first-order valence-corrected chi connectivity index (χ1v) is 28.4. The summed E-state index contributed by atoms with van der Waals surface area (Å²) in [7, 11) is 0. The highest BCUT2D eigenvalue weighted by Crippen LogP contribution is 2.63. The molecule has 12 rings (SSSR count). The van der Waals surface area contributed by atoms with Gasteiger partial charge in [-0.2, -0.15) is 0 Å². The van der Waals surface area contributed by atoms with Gasteiger partial charge in [0.2, 0.25) is 0 Å². The molecule has 2 atom stereocenters. The second kappa shape index (κ2) is 16.0. The number of benzene rings is 7.